The van der Waals surface area contributed by atoms with E-state index in [9.17, 15) is 0 Å². The Hall–Kier alpha value is -0.570. The van der Waals surface area contributed by atoms with Gasteiger partial charge in [-0.3, -0.25) is 0 Å². The highest BCUT2D eigenvalue weighted by Crippen LogP contribution is 2.28. The van der Waals surface area contributed by atoms with Crippen molar-refractivity contribution in [3.05, 3.63) is 18.2 Å². The fourth-order valence-corrected chi connectivity index (χ4v) is 2.87. The molecule has 1 aliphatic rings. The molecule has 1 aliphatic carbocycles. The van der Waals surface area contributed by atoms with Crippen LogP contribution in [0.5, 0.6) is 0 Å². The molecule has 0 radical (unpaired) electrons. The van der Waals surface area contributed by atoms with Crippen molar-refractivity contribution in [3.63, 3.8) is 0 Å². The maximum absolute atomic E-state index is 4.41. The van der Waals surface area contributed by atoms with Crippen molar-refractivity contribution < 1.29 is 0 Å². The van der Waals surface area contributed by atoms with Crippen LogP contribution in [0.25, 0.3) is 0 Å². The van der Waals surface area contributed by atoms with Gasteiger partial charge in [-0.15, -0.1) is 11.8 Å². The fraction of sp³-hybridized carbons (Fsp3) is 0.667. The van der Waals surface area contributed by atoms with E-state index in [1.165, 1.54) is 42.7 Å². The average molecular weight is 222 g/mol. The Morgan fingerprint density at radius 1 is 1.33 bits per heavy atom. The summed E-state index contributed by atoms with van der Waals surface area (Å²) in [6.07, 6.45) is 13.9. The van der Waals surface area contributed by atoms with E-state index in [4.69, 9.17) is 0 Å². The summed E-state index contributed by atoms with van der Waals surface area (Å²) < 4.78 is 0. The second kappa shape index (κ2) is 5.50. The quantitative estimate of drug-likeness (QED) is 0.734. The Balaban J connectivity index is 2.02. The first-order chi connectivity index (χ1) is 7.40. The van der Waals surface area contributed by atoms with E-state index in [0.29, 0.717) is 0 Å². The minimum atomic E-state index is 0.861. The van der Waals surface area contributed by atoms with Crippen LogP contribution in [-0.4, -0.2) is 16.2 Å². The third-order valence-electron chi connectivity index (χ3n) is 3.18. The van der Waals surface area contributed by atoms with Gasteiger partial charge >= 0.3 is 0 Å². The molecule has 2 nitrogen and oxygen atoms in total. The summed E-state index contributed by atoms with van der Waals surface area (Å²) in [5, 5.41) is 0. The van der Waals surface area contributed by atoms with Crippen molar-refractivity contribution in [1.29, 1.82) is 0 Å². The molecule has 0 aliphatic heterocycles. The average Bonchev–Trinajstić information content (AvgIpc) is 2.31. The van der Waals surface area contributed by atoms with Crippen molar-refractivity contribution in [2.24, 2.45) is 5.92 Å². The number of hydrogen-bond donors (Lipinski definition) is 0. The van der Waals surface area contributed by atoms with Gasteiger partial charge in [0.05, 0.1) is 5.69 Å². The van der Waals surface area contributed by atoms with Crippen LogP contribution in [0.15, 0.2) is 17.4 Å². The van der Waals surface area contributed by atoms with Crippen LogP contribution in [0.1, 0.15) is 37.8 Å². The third-order valence-corrected chi connectivity index (χ3v) is 3.96. The Bertz CT molecular complexity index is 308. The van der Waals surface area contributed by atoms with Gasteiger partial charge in [-0.2, -0.15) is 0 Å². The molecule has 0 N–H and O–H groups in total. The van der Waals surface area contributed by atoms with Gasteiger partial charge in [0.25, 0.3) is 0 Å². The fourth-order valence-electron chi connectivity index (χ4n) is 2.33. The van der Waals surface area contributed by atoms with Crippen molar-refractivity contribution in [2.75, 3.05) is 6.26 Å². The minimum Gasteiger partial charge on any atom is -0.244 e. The molecule has 15 heavy (non-hydrogen) atoms. The molecule has 0 amide bonds. The molecule has 3 heteroatoms. The molecule has 2 rings (SSSR count). The summed E-state index contributed by atoms with van der Waals surface area (Å²) in [7, 11) is 0. The molecule has 1 heterocycles. The predicted molar refractivity (Wildman–Crippen MR) is 64.1 cm³/mol. The van der Waals surface area contributed by atoms with Crippen LogP contribution < -0.4 is 0 Å². The summed E-state index contributed by atoms with van der Waals surface area (Å²) in [5.74, 6) is 0.861. The molecular formula is C12H18N2S. The monoisotopic (exact) mass is 222 g/mol. The zero-order valence-electron chi connectivity index (χ0n) is 9.28. The molecule has 0 unspecified atom stereocenters. The number of aromatic nitrogens is 2. The van der Waals surface area contributed by atoms with E-state index in [-0.39, 0.29) is 0 Å². The first-order valence-electron chi connectivity index (χ1n) is 5.73. The number of rotatable bonds is 3. The second-order valence-electron chi connectivity index (χ2n) is 4.25. The number of thioether (sulfide) groups is 1. The van der Waals surface area contributed by atoms with Crippen LogP contribution in [-0.2, 0) is 6.42 Å². The zero-order chi connectivity index (χ0) is 10.5. The van der Waals surface area contributed by atoms with Crippen molar-refractivity contribution >= 4 is 11.8 Å². The van der Waals surface area contributed by atoms with E-state index in [1.807, 2.05) is 6.20 Å². The highest BCUT2D eigenvalue weighted by Gasteiger charge is 2.16. The lowest BCUT2D eigenvalue weighted by Crippen LogP contribution is -2.11. The number of hydrogen-bond acceptors (Lipinski definition) is 3. The van der Waals surface area contributed by atoms with Gasteiger partial charge in [-0.25, -0.2) is 9.97 Å². The largest absolute Gasteiger partial charge is 0.244 e. The molecule has 0 atom stereocenters. The van der Waals surface area contributed by atoms with E-state index in [0.717, 1.165) is 12.3 Å². The minimum absolute atomic E-state index is 0.861. The smallest absolute Gasteiger partial charge is 0.115 e. The van der Waals surface area contributed by atoms with Crippen molar-refractivity contribution in [1.82, 2.24) is 9.97 Å². The van der Waals surface area contributed by atoms with E-state index in [2.05, 4.69) is 16.2 Å². The van der Waals surface area contributed by atoms with Crippen LogP contribution in [0.2, 0.25) is 0 Å². The lowest BCUT2D eigenvalue weighted by molar-refractivity contribution is 0.352. The van der Waals surface area contributed by atoms with Gasteiger partial charge in [0.15, 0.2) is 0 Å². The molecule has 1 fully saturated rings. The van der Waals surface area contributed by atoms with Gasteiger partial charge in [0.1, 0.15) is 6.33 Å². The third kappa shape index (κ3) is 2.94. The topological polar surface area (TPSA) is 25.8 Å². The van der Waals surface area contributed by atoms with Gasteiger partial charge in [0, 0.05) is 11.1 Å². The lowest BCUT2D eigenvalue weighted by Gasteiger charge is -2.21. The van der Waals surface area contributed by atoms with E-state index in [1.54, 1.807) is 18.1 Å². The summed E-state index contributed by atoms with van der Waals surface area (Å²) in [6.45, 7) is 0. The van der Waals surface area contributed by atoms with Gasteiger partial charge in [-0.05, 0) is 18.6 Å². The standard InChI is InChI=1S/C12H18N2S/c1-15-12-8-13-9-14-11(12)7-10-5-3-2-4-6-10/h8-10H,2-7H2,1H3. The van der Waals surface area contributed by atoms with Crippen LogP contribution in [0.4, 0.5) is 0 Å². The predicted octanol–water partition coefficient (Wildman–Crippen LogP) is 3.32. The highest BCUT2D eigenvalue weighted by atomic mass is 32.2. The van der Waals surface area contributed by atoms with Gasteiger partial charge in [-0.1, -0.05) is 32.1 Å². The van der Waals surface area contributed by atoms with Crippen LogP contribution in [0, 0.1) is 5.92 Å². The molecule has 82 valence electrons. The van der Waals surface area contributed by atoms with Crippen LogP contribution in [0.3, 0.4) is 0 Å². The summed E-state index contributed by atoms with van der Waals surface area (Å²) in [6, 6.07) is 0. The Morgan fingerprint density at radius 3 is 2.87 bits per heavy atom. The summed E-state index contributed by atoms with van der Waals surface area (Å²) in [4.78, 5) is 9.74. The Kier molecular flexibility index (Phi) is 4.01. The Labute approximate surface area is 95.9 Å². The molecule has 0 aromatic carbocycles. The normalized spacial score (nSPS) is 17.9. The summed E-state index contributed by atoms with van der Waals surface area (Å²) in [5.41, 5.74) is 1.25. The molecule has 1 aromatic heterocycles. The first kappa shape index (κ1) is 10.9. The molecule has 1 saturated carbocycles. The van der Waals surface area contributed by atoms with E-state index >= 15 is 0 Å². The Morgan fingerprint density at radius 2 is 2.13 bits per heavy atom. The lowest BCUT2D eigenvalue weighted by atomic mass is 9.86. The molecule has 1 aromatic rings. The highest BCUT2D eigenvalue weighted by molar-refractivity contribution is 7.98. The number of nitrogens with zero attached hydrogens (tertiary/aromatic N) is 2. The SMILES string of the molecule is CSc1cncnc1CC1CCCCC1. The van der Waals surface area contributed by atoms with Crippen molar-refractivity contribution in [3.8, 4) is 0 Å². The summed E-state index contributed by atoms with van der Waals surface area (Å²) >= 11 is 1.76. The van der Waals surface area contributed by atoms with E-state index < -0.39 is 0 Å². The van der Waals surface area contributed by atoms with Gasteiger partial charge < -0.3 is 0 Å². The molecule has 0 saturated heterocycles. The molecule has 0 bridgehead atoms. The maximum atomic E-state index is 4.41. The molecule has 0 spiro atoms. The molecular weight excluding hydrogens is 204 g/mol. The zero-order valence-corrected chi connectivity index (χ0v) is 10.1. The first-order valence-corrected chi connectivity index (χ1v) is 6.95. The van der Waals surface area contributed by atoms with Gasteiger partial charge in [0.2, 0.25) is 0 Å². The van der Waals surface area contributed by atoms with Crippen LogP contribution >= 0.6 is 11.8 Å². The second-order valence-corrected chi connectivity index (χ2v) is 5.09. The van der Waals surface area contributed by atoms with Crippen molar-refractivity contribution in [2.45, 2.75) is 43.4 Å². The maximum Gasteiger partial charge on any atom is 0.115 e.